The first-order chi connectivity index (χ1) is 11.0. The maximum atomic E-state index is 8.94. The zero-order valence-electron chi connectivity index (χ0n) is 18.1. The molecule has 7 heteroatoms. The molecule has 4 nitrogen and oxygen atoms in total. The van der Waals surface area contributed by atoms with Crippen molar-refractivity contribution in [1.29, 1.82) is 0 Å². The van der Waals surface area contributed by atoms with Gasteiger partial charge in [0.05, 0.1) is 12.7 Å². The van der Waals surface area contributed by atoms with E-state index < -0.39 is 23.8 Å². The zero-order chi connectivity index (χ0) is 20.1. The minimum absolute atomic E-state index is 0.0375. The molecule has 0 rings (SSSR count). The highest BCUT2D eigenvalue weighted by Gasteiger charge is 2.41. The fourth-order valence-electron chi connectivity index (χ4n) is 1.79. The Labute approximate surface area is 158 Å². The van der Waals surface area contributed by atoms with E-state index in [9.17, 15) is 0 Å². The molecule has 0 spiro atoms. The lowest BCUT2D eigenvalue weighted by Gasteiger charge is -2.41. The largest absolute Gasteiger partial charge is 0.480 e. The van der Waals surface area contributed by atoms with Crippen LogP contribution in [-0.4, -0.2) is 46.5 Å². The van der Waals surface area contributed by atoms with Crippen LogP contribution in [-0.2, 0) is 8.85 Å². The molecule has 0 unspecified atom stereocenters. The number of hydrogen-bond acceptors (Lipinski definition) is 4. The number of allylic oxidation sites excluding steroid dienone is 1. The minimum Gasteiger partial charge on any atom is -0.424 e. The van der Waals surface area contributed by atoms with Crippen LogP contribution in [0, 0.1) is 0 Å². The summed E-state index contributed by atoms with van der Waals surface area (Å²) in [6, 6.07) is 0. The molecule has 1 atom stereocenters. The Bertz CT molecular complexity index is 424. The van der Waals surface area contributed by atoms with Gasteiger partial charge in [0.1, 0.15) is 0 Å². The zero-order valence-corrected chi connectivity index (χ0v) is 20.1. The summed E-state index contributed by atoms with van der Waals surface area (Å²) in [7, 11) is -5.08. The van der Waals surface area contributed by atoms with Gasteiger partial charge in [-0.15, -0.1) is 0 Å². The number of rotatable bonds is 9. The third-order valence-electron chi connectivity index (χ3n) is 5.67. The van der Waals surface area contributed by atoms with Gasteiger partial charge in [-0.1, -0.05) is 53.6 Å². The molecule has 0 heterocycles. The number of hydrogen-bond donors (Lipinski definition) is 2. The van der Waals surface area contributed by atoms with Gasteiger partial charge in [0.2, 0.25) is 0 Å². The summed E-state index contributed by atoms with van der Waals surface area (Å²) in [6.07, 6.45) is 3.41. The van der Waals surface area contributed by atoms with Crippen LogP contribution in [0.2, 0.25) is 36.3 Å². The Balaban J connectivity index is 5.02. The van der Waals surface area contributed by atoms with E-state index in [0.717, 1.165) is 12.8 Å². The van der Waals surface area contributed by atoms with Crippen molar-refractivity contribution in [3.8, 4) is 0 Å². The molecule has 2 N–H and O–H groups in total. The molecule has 0 aromatic carbocycles. The highest BCUT2D eigenvalue weighted by atomic mass is 28.4. The van der Waals surface area contributed by atoms with E-state index in [1.807, 2.05) is 0 Å². The predicted octanol–water partition coefficient (Wildman–Crippen LogP) is 4.75. The molecule has 0 radical (unpaired) electrons. The molecule has 0 fully saturated rings. The summed E-state index contributed by atoms with van der Waals surface area (Å²) in [4.78, 5) is 0. The second-order valence-corrected chi connectivity index (χ2v) is 19.6. The van der Waals surface area contributed by atoms with E-state index in [4.69, 9.17) is 18.9 Å². The molecule has 25 heavy (non-hydrogen) atoms. The molecule has 0 saturated carbocycles. The third kappa shape index (κ3) is 9.02. The highest BCUT2D eigenvalue weighted by Crippen LogP contribution is 2.39. The Morgan fingerprint density at radius 1 is 0.920 bits per heavy atom. The van der Waals surface area contributed by atoms with Gasteiger partial charge in [-0.2, -0.15) is 0 Å². The van der Waals surface area contributed by atoms with E-state index >= 15 is 0 Å². The molecule has 0 bridgehead atoms. The average Bonchev–Trinajstić information content (AvgIpc) is 2.37. The van der Waals surface area contributed by atoms with Crippen molar-refractivity contribution < 1.29 is 18.9 Å². The fraction of sp³-hybridized carbons (Fsp3) is 0.889. The summed E-state index contributed by atoms with van der Waals surface area (Å²) in [6.45, 7) is 23.1. The van der Waals surface area contributed by atoms with Gasteiger partial charge < -0.3 is 18.9 Å². The lowest BCUT2D eigenvalue weighted by molar-refractivity contribution is 0.101. The van der Waals surface area contributed by atoms with E-state index in [1.54, 1.807) is 6.08 Å². The molecule has 0 aliphatic rings. The maximum absolute atomic E-state index is 8.94. The first-order valence-electron chi connectivity index (χ1n) is 9.34. The van der Waals surface area contributed by atoms with Crippen LogP contribution in [0.15, 0.2) is 12.1 Å². The van der Waals surface area contributed by atoms with Gasteiger partial charge in [-0.3, -0.25) is 0 Å². The minimum atomic E-state index is -1.88. The molecule has 0 aromatic heterocycles. The quantitative estimate of drug-likeness (QED) is 0.560. The molecule has 148 valence electrons. The summed E-state index contributed by atoms with van der Waals surface area (Å²) >= 11 is 0. The van der Waals surface area contributed by atoms with Crippen molar-refractivity contribution in [2.24, 2.45) is 0 Å². The molecule has 0 aliphatic carbocycles. The monoisotopic (exact) mass is 388 g/mol. The summed E-state index contributed by atoms with van der Waals surface area (Å²) < 4.78 is 13.0. The summed E-state index contributed by atoms with van der Waals surface area (Å²) in [5, 5.41) is 18.2. The first kappa shape index (κ1) is 25.1. The normalized spacial score (nSPS) is 15.7. The molecular formula is C18H41BO4Si2. The van der Waals surface area contributed by atoms with Crippen molar-refractivity contribution in [3.05, 3.63) is 12.1 Å². The van der Waals surface area contributed by atoms with Crippen LogP contribution in [0.3, 0.4) is 0 Å². The van der Waals surface area contributed by atoms with Crippen LogP contribution in [0.5, 0.6) is 0 Å². The molecule has 0 saturated heterocycles. The van der Waals surface area contributed by atoms with Crippen molar-refractivity contribution in [3.63, 3.8) is 0 Å². The van der Waals surface area contributed by atoms with E-state index in [0.29, 0.717) is 6.61 Å². The van der Waals surface area contributed by atoms with Crippen LogP contribution in [0.4, 0.5) is 0 Å². The maximum Gasteiger partial charge on any atom is 0.480 e. The fourth-order valence-corrected chi connectivity index (χ4v) is 4.20. The van der Waals surface area contributed by atoms with Gasteiger partial charge in [0.25, 0.3) is 0 Å². The topological polar surface area (TPSA) is 58.9 Å². The van der Waals surface area contributed by atoms with Crippen LogP contribution in [0.25, 0.3) is 0 Å². The lowest BCUT2D eigenvalue weighted by Crippen LogP contribution is -2.47. The van der Waals surface area contributed by atoms with Crippen LogP contribution >= 0.6 is 0 Å². The van der Waals surface area contributed by atoms with E-state index in [-0.39, 0.29) is 16.2 Å². The van der Waals surface area contributed by atoms with Crippen molar-refractivity contribution in [1.82, 2.24) is 0 Å². The van der Waals surface area contributed by atoms with Crippen molar-refractivity contribution >= 4 is 23.8 Å². The van der Waals surface area contributed by atoms with Crippen LogP contribution < -0.4 is 0 Å². The Morgan fingerprint density at radius 2 is 1.40 bits per heavy atom. The molecule has 0 aromatic rings. The standard InChI is InChI=1S/C18H41BO4Si2/c1-17(2,3)24(7,8)22-15-16(13-11-12-14-19(20)21)23-25(9,10)18(4,5)6/h12,14,16,20-21H,11,13,15H2,1-10H3/b14-12+/t16-/m0/s1. The molecular weight excluding hydrogens is 347 g/mol. The van der Waals surface area contributed by atoms with E-state index in [1.165, 1.54) is 5.98 Å². The van der Waals surface area contributed by atoms with Gasteiger partial charge in [-0.05, 0) is 49.1 Å². The van der Waals surface area contributed by atoms with Crippen LogP contribution in [0.1, 0.15) is 54.4 Å². The SMILES string of the molecule is CC(C)(C)[Si](C)(C)OC[C@H](CC/C=C/B(O)O)O[Si](C)(C)C(C)(C)C. The Hall–Kier alpha value is 0.0787. The lowest BCUT2D eigenvalue weighted by atomic mass is 9.91. The second-order valence-electron chi connectivity index (χ2n) is 9.99. The van der Waals surface area contributed by atoms with Gasteiger partial charge in [0.15, 0.2) is 16.6 Å². The highest BCUT2D eigenvalue weighted by molar-refractivity contribution is 6.74. The smallest absolute Gasteiger partial charge is 0.424 e. The van der Waals surface area contributed by atoms with Gasteiger partial charge >= 0.3 is 7.12 Å². The van der Waals surface area contributed by atoms with Crippen molar-refractivity contribution in [2.75, 3.05) is 6.61 Å². The Morgan fingerprint density at radius 3 is 1.80 bits per heavy atom. The predicted molar refractivity (Wildman–Crippen MR) is 114 cm³/mol. The second kappa shape index (κ2) is 9.33. The summed E-state index contributed by atoms with van der Waals surface area (Å²) in [5.74, 6) is 1.40. The van der Waals surface area contributed by atoms with Crippen molar-refractivity contribution in [2.45, 2.75) is 96.8 Å². The van der Waals surface area contributed by atoms with Gasteiger partial charge in [0, 0.05) is 0 Å². The molecule has 0 amide bonds. The average molecular weight is 389 g/mol. The summed E-state index contributed by atoms with van der Waals surface area (Å²) in [5.41, 5.74) is 0. The molecule has 0 aliphatic heterocycles. The van der Waals surface area contributed by atoms with Gasteiger partial charge in [-0.25, -0.2) is 0 Å². The van der Waals surface area contributed by atoms with E-state index in [2.05, 4.69) is 67.7 Å². The third-order valence-corrected chi connectivity index (χ3v) is 14.7. The Kier molecular flexibility index (Phi) is 9.36. The first-order valence-corrected chi connectivity index (χ1v) is 15.2.